The second-order valence-corrected chi connectivity index (χ2v) is 8.31. The summed E-state index contributed by atoms with van der Waals surface area (Å²) in [6.45, 7) is 7.41. The number of nitrogen functional groups attached to an aromatic ring is 1. The number of anilines is 1. The Hall–Kier alpha value is -3.12. The Morgan fingerprint density at radius 2 is 1.81 bits per heavy atom. The summed E-state index contributed by atoms with van der Waals surface area (Å²) in [6.07, 6.45) is 4.06. The van der Waals surface area contributed by atoms with Crippen LogP contribution in [0.25, 0.3) is 0 Å². The van der Waals surface area contributed by atoms with Gasteiger partial charge >= 0.3 is 11.9 Å². The van der Waals surface area contributed by atoms with E-state index in [0.29, 0.717) is 24.3 Å². The predicted molar refractivity (Wildman–Crippen MR) is 123 cm³/mol. The molecule has 0 heterocycles. The molecule has 0 bridgehead atoms. The summed E-state index contributed by atoms with van der Waals surface area (Å²) in [6, 6.07) is 15.5. The maximum Gasteiger partial charge on any atom is 0.338 e. The first-order valence-corrected chi connectivity index (χ1v) is 10.3. The first-order chi connectivity index (χ1) is 14.7. The molecule has 0 saturated carbocycles. The molecule has 0 unspecified atom stereocenters. The van der Waals surface area contributed by atoms with Gasteiger partial charge in [-0.05, 0) is 50.5 Å². The second-order valence-electron chi connectivity index (χ2n) is 8.31. The molecule has 2 aromatic rings. The summed E-state index contributed by atoms with van der Waals surface area (Å²) >= 11 is 0. The smallest absolute Gasteiger partial charge is 0.338 e. The molecular formula is C25H32N2O4. The van der Waals surface area contributed by atoms with E-state index < -0.39 is 11.6 Å². The fraction of sp³-hybridized carbons (Fsp3) is 0.360. The zero-order chi connectivity index (χ0) is 22.9. The van der Waals surface area contributed by atoms with Gasteiger partial charge < -0.3 is 15.2 Å². The van der Waals surface area contributed by atoms with Crippen molar-refractivity contribution in [2.75, 3.05) is 25.9 Å². The number of benzene rings is 2. The van der Waals surface area contributed by atoms with Crippen LogP contribution in [0.4, 0.5) is 5.69 Å². The fourth-order valence-corrected chi connectivity index (χ4v) is 2.98. The molecule has 0 saturated heterocycles. The molecular weight excluding hydrogens is 392 g/mol. The lowest BCUT2D eigenvalue weighted by molar-refractivity contribution is -0.134. The van der Waals surface area contributed by atoms with E-state index in [1.807, 2.05) is 45.0 Å². The van der Waals surface area contributed by atoms with Crippen molar-refractivity contribution in [1.82, 2.24) is 4.90 Å². The van der Waals surface area contributed by atoms with Gasteiger partial charge in [-0.15, -0.1) is 0 Å². The monoisotopic (exact) mass is 424 g/mol. The van der Waals surface area contributed by atoms with Crippen molar-refractivity contribution in [2.45, 2.75) is 39.3 Å². The average Bonchev–Trinajstić information content (AvgIpc) is 2.72. The summed E-state index contributed by atoms with van der Waals surface area (Å²) in [5, 5.41) is 0. The van der Waals surface area contributed by atoms with E-state index in [1.165, 1.54) is 18.7 Å². The minimum absolute atomic E-state index is 0.385. The Balaban J connectivity index is 2.11. The van der Waals surface area contributed by atoms with Crippen molar-refractivity contribution >= 4 is 17.6 Å². The molecule has 0 aliphatic carbocycles. The van der Waals surface area contributed by atoms with Gasteiger partial charge in [0.2, 0.25) is 0 Å². The molecule has 0 fully saturated rings. The fourth-order valence-electron chi connectivity index (χ4n) is 2.98. The molecule has 0 atom stereocenters. The van der Waals surface area contributed by atoms with Gasteiger partial charge in [0.1, 0.15) is 5.60 Å². The van der Waals surface area contributed by atoms with Gasteiger partial charge in [0.05, 0.1) is 12.7 Å². The Morgan fingerprint density at radius 3 is 2.42 bits per heavy atom. The van der Waals surface area contributed by atoms with E-state index >= 15 is 0 Å². The van der Waals surface area contributed by atoms with Crippen molar-refractivity contribution in [3.63, 3.8) is 0 Å². The number of nitrogens with zero attached hydrogens (tertiary/aromatic N) is 1. The average molecular weight is 425 g/mol. The van der Waals surface area contributed by atoms with Gasteiger partial charge in [-0.3, -0.25) is 4.90 Å². The SMILES string of the molecule is COC(=O)/C=C/CN(CCc1ccccc1)Cc1ccc(C(=O)OC(C)(C)C)cc1N. The minimum Gasteiger partial charge on any atom is -0.466 e. The highest BCUT2D eigenvalue weighted by Gasteiger charge is 2.19. The van der Waals surface area contributed by atoms with E-state index in [-0.39, 0.29) is 5.97 Å². The van der Waals surface area contributed by atoms with Crippen molar-refractivity contribution in [3.8, 4) is 0 Å². The van der Waals surface area contributed by atoms with Crippen LogP contribution in [0.2, 0.25) is 0 Å². The van der Waals surface area contributed by atoms with Crippen LogP contribution in [0.5, 0.6) is 0 Å². The summed E-state index contributed by atoms with van der Waals surface area (Å²) in [5.41, 5.74) is 8.79. The first-order valence-electron chi connectivity index (χ1n) is 10.3. The number of rotatable bonds is 9. The highest BCUT2D eigenvalue weighted by molar-refractivity contribution is 5.91. The van der Waals surface area contributed by atoms with E-state index in [4.69, 9.17) is 10.5 Å². The third-order valence-corrected chi connectivity index (χ3v) is 4.55. The van der Waals surface area contributed by atoms with Crippen LogP contribution >= 0.6 is 0 Å². The Labute approximate surface area is 184 Å². The third-order valence-electron chi connectivity index (χ3n) is 4.55. The number of carbonyl (C=O) groups excluding carboxylic acids is 2. The summed E-state index contributed by atoms with van der Waals surface area (Å²) < 4.78 is 10.1. The normalized spacial score (nSPS) is 11.6. The zero-order valence-electron chi connectivity index (χ0n) is 18.8. The van der Waals surface area contributed by atoms with Gasteiger partial charge in [0.15, 0.2) is 0 Å². The molecule has 6 nitrogen and oxygen atoms in total. The van der Waals surface area contributed by atoms with E-state index in [1.54, 1.807) is 18.2 Å². The standard InChI is InChI=1S/C25H32N2O4/c1-25(2,3)31-24(29)20-12-13-21(22(26)17-20)18-27(15-8-11-23(28)30-4)16-14-19-9-6-5-7-10-19/h5-13,17H,14-16,18,26H2,1-4H3/b11-8+. The molecule has 0 aromatic heterocycles. The molecule has 31 heavy (non-hydrogen) atoms. The lowest BCUT2D eigenvalue weighted by atomic mass is 10.1. The summed E-state index contributed by atoms with van der Waals surface area (Å²) in [7, 11) is 1.35. The maximum absolute atomic E-state index is 12.3. The molecule has 2 rings (SSSR count). The van der Waals surface area contributed by atoms with E-state index in [0.717, 1.165) is 18.5 Å². The molecule has 0 aliphatic heterocycles. The van der Waals surface area contributed by atoms with Gasteiger partial charge in [-0.25, -0.2) is 9.59 Å². The Kier molecular flexibility index (Phi) is 8.82. The third kappa shape index (κ3) is 8.64. The minimum atomic E-state index is -0.565. The Morgan fingerprint density at radius 1 is 1.10 bits per heavy atom. The molecule has 0 amide bonds. The van der Waals surface area contributed by atoms with Crippen molar-refractivity contribution in [1.29, 1.82) is 0 Å². The van der Waals surface area contributed by atoms with Gasteiger partial charge in [0, 0.05) is 31.4 Å². The largest absolute Gasteiger partial charge is 0.466 e. The number of ether oxygens (including phenoxy) is 2. The molecule has 0 radical (unpaired) electrons. The summed E-state index contributed by atoms with van der Waals surface area (Å²) in [5.74, 6) is -0.781. The number of carbonyl (C=O) groups is 2. The maximum atomic E-state index is 12.3. The predicted octanol–water partition coefficient (Wildman–Crippen LogP) is 4.00. The van der Waals surface area contributed by atoms with Crippen LogP contribution in [0.1, 0.15) is 42.3 Å². The van der Waals surface area contributed by atoms with Gasteiger partial charge in [-0.1, -0.05) is 42.5 Å². The number of hydrogen-bond acceptors (Lipinski definition) is 6. The molecule has 2 N–H and O–H groups in total. The number of hydrogen-bond donors (Lipinski definition) is 1. The zero-order valence-corrected chi connectivity index (χ0v) is 18.8. The van der Waals surface area contributed by atoms with Crippen LogP contribution in [-0.2, 0) is 27.2 Å². The molecule has 2 aromatic carbocycles. The van der Waals surface area contributed by atoms with Crippen molar-refractivity contribution in [2.24, 2.45) is 0 Å². The first kappa shape index (κ1) is 24.2. The van der Waals surface area contributed by atoms with Crippen LogP contribution in [0, 0.1) is 0 Å². The van der Waals surface area contributed by atoms with Crippen molar-refractivity contribution < 1.29 is 19.1 Å². The number of methoxy groups -OCH3 is 1. The quantitative estimate of drug-likeness (QED) is 0.372. The van der Waals surface area contributed by atoms with Crippen LogP contribution in [-0.4, -0.2) is 42.6 Å². The van der Waals surface area contributed by atoms with Crippen LogP contribution in [0.3, 0.4) is 0 Å². The van der Waals surface area contributed by atoms with Gasteiger partial charge in [-0.2, -0.15) is 0 Å². The lowest BCUT2D eigenvalue weighted by Crippen LogP contribution is -2.27. The topological polar surface area (TPSA) is 81.9 Å². The molecule has 6 heteroatoms. The van der Waals surface area contributed by atoms with Crippen LogP contribution in [0.15, 0.2) is 60.7 Å². The number of esters is 2. The highest BCUT2D eigenvalue weighted by atomic mass is 16.6. The number of nitrogens with two attached hydrogens (primary N) is 1. The van der Waals surface area contributed by atoms with Gasteiger partial charge in [0.25, 0.3) is 0 Å². The van der Waals surface area contributed by atoms with Crippen molar-refractivity contribution in [3.05, 3.63) is 77.4 Å². The molecule has 0 spiro atoms. The second kappa shape index (κ2) is 11.3. The highest BCUT2D eigenvalue weighted by Crippen LogP contribution is 2.19. The summed E-state index contributed by atoms with van der Waals surface area (Å²) in [4.78, 5) is 25.9. The molecule has 0 aliphatic rings. The molecule has 166 valence electrons. The Bertz CT molecular complexity index is 901. The lowest BCUT2D eigenvalue weighted by Gasteiger charge is -2.22. The van der Waals surface area contributed by atoms with E-state index in [2.05, 4.69) is 21.8 Å². The van der Waals surface area contributed by atoms with Crippen LogP contribution < -0.4 is 5.73 Å². The van der Waals surface area contributed by atoms with E-state index in [9.17, 15) is 9.59 Å².